The van der Waals surface area contributed by atoms with Crippen molar-refractivity contribution >= 4 is 28.9 Å². The number of nitrogens with one attached hydrogen (secondary N) is 1. The summed E-state index contributed by atoms with van der Waals surface area (Å²) in [6.07, 6.45) is 0. The van der Waals surface area contributed by atoms with E-state index in [1.165, 1.54) is 0 Å². The molecule has 0 unspecified atom stereocenters. The normalized spacial score (nSPS) is 13.9. The molecule has 3 N–H and O–H groups in total. The standard InChI is InChI=1S/C8H13NOS.C7H10N2/c1-4-9-5-11-8(6(9)2)7(3)10;1-9-7-4-2-6(8)3-5-7/h4-5H2,1-3H3;2-5,9H,8H2,1H3. The van der Waals surface area contributed by atoms with Crippen LogP contribution in [0.3, 0.4) is 0 Å². The summed E-state index contributed by atoms with van der Waals surface area (Å²) < 4.78 is 0. The summed E-state index contributed by atoms with van der Waals surface area (Å²) in [5.41, 5.74) is 8.48. The van der Waals surface area contributed by atoms with Crippen LogP contribution in [0.5, 0.6) is 0 Å². The van der Waals surface area contributed by atoms with Gasteiger partial charge in [-0.25, -0.2) is 0 Å². The average Bonchev–Trinajstić information content (AvgIpc) is 2.81. The number of nitrogens with two attached hydrogens (primary N) is 1. The van der Waals surface area contributed by atoms with Crippen LogP contribution in [0.15, 0.2) is 34.9 Å². The van der Waals surface area contributed by atoms with Gasteiger partial charge < -0.3 is 16.0 Å². The maximum Gasteiger partial charge on any atom is 0.167 e. The van der Waals surface area contributed by atoms with Gasteiger partial charge in [-0.2, -0.15) is 0 Å². The van der Waals surface area contributed by atoms with Gasteiger partial charge in [-0.3, -0.25) is 4.79 Å². The monoisotopic (exact) mass is 293 g/mol. The van der Waals surface area contributed by atoms with Crippen molar-refractivity contribution in [1.29, 1.82) is 0 Å². The Kier molecular flexibility index (Phi) is 6.45. The highest BCUT2D eigenvalue weighted by Gasteiger charge is 2.20. The molecule has 2 rings (SSSR count). The number of thioether (sulfide) groups is 1. The van der Waals surface area contributed by atoms with E-state index in [0.29, 0.717) is 0 Å². The minimum absolute atomic E-state index is 0.198. The smallest absolute Gasteiger partial charge is 0.167 e. The molecule has 1 aliphatic heterocycles. The maximum atomic E-state index is 11.0. The van der Waals surface area contributed by atoms with Crippen molar-refractivity contribution in [3.63, 3.8) is 0 Å². The fraction of sp³-hybridized carbons (Fsp3) is 0.400. The minimum atomic E-state index is 0.198. The number of Topliss-reactive ketones (excluding diaryl/α,β-unsaturated/α-hetero) is 1. The molecule has 1 heterocycles. The molecule has 5 heteroatoms. The quantitative estimate of drug-likeness (QED) is 0.838. The number of benzene rings is 1. The third-order valence-corrected chi connectivity index (χ3v) is 4.38. The van der Waals surface area contributed by atoms with Gasteiger partial charge in [-0.15, -0.1) is 0 Å². The maximum absolute atomic E-state index is 11.0. The van der Waals surface area contributed by atoms with E-state index in [4.69, 9.17) is 5.73 Å². The topological polar surface area (TPSA) is 58.4 Å². The second-order valence-electron chi connectivity index (χ2n) is 4.47. The molecule has 0 aliphatic carbocycles. The first-order chi connectivity index (χ1) is 9.49. The Bertz CT molecular complexity index is 482. The Labute approximate surface area is 125 Å². The number of nitrogens with zero attached hydrogens (tertiary/aromatic N) is 1. The lowest BCUT2D eigenvalue weighted by molar-refractivity contribution is -0.113. The molecule has 0 atom stereocenters. The average molecular weight is 293 g/mol. The number of carbonyl (C=O) groups is 1. The summed E-state index contributed by atoms with van der Waals surface area (Å²) in [5.74, 6) is 1.14. The van der Waals surface area contributed by atoms with E-state index < -0.39 is 0 Å². The van der Waals surface area contributed by atoms with E-state index in [0.717, 1.165) is 34.4 Å². The molecule has 1 aliphatic rings. The summed E-state index contributed by atoms with van der Waals surface area (Å²) in [6, 6.07) is 7.61. The largest absolute Gasteiger partial charge is 0.399 e. The zero-order chi connectivity index (χ0) is 15.1. The fourth-order valence-corrected chi connectivity index (χ4v) is 3.02. The van der Waals surface area contributed by atoms with Crippen LogP contribution in [0.4, 0.5) is 11.4 Å². The van der Waals surface area contributed by atoms with Gasteiger partial charge >= 0.3 is 0 Å². The molecule has 0 saturated heterocycles. The number of hydrogen-bond acceptors (Lipinski definition) is 5. The number of nitrogen functional groups attached to an aromatic ring is 1. The van der Waals surface area contributed by atoms with E-state index in [2.05, 4.69) is 17.1 Å². The Hall–Kier alpha value is -1.62. The second kappa shape index (κ2) is 7.85. The lowest BCUT2D eigenvalue weighted by Gasteiger charge is -2.15. The summed E-state index contributed by atoms with van der Waals surface area (Å²) in [6.45, 7) is 6.74. The van der Waals surface area contributed by atoms with Gasteiger partial charge in [-0.05, 0) is 45.0 Å². The number of rotatable bonds is 3. The SMILES string of the molecule is CCN1CSC(C(C)=O)=C1C.CNc1ccc(N)cc1. The van der Waals surface area contributed by atoms with Gasteiger partial charge in [0.2, 0.25) is 0 Å². The van der Waals surface area contributed by atoms with Gasteiger partial charge in [-0.1, -0.05) is 11.8 Å². The Morgan fingerprint density at radius 1 is 1.40 bits per heavy atom. The predicted molar refractivity (Wildman–Crippen MR) is 88.6 cm³/mol. The third-order valence-electron chi connectivity index (χ3n) is 3.07. The number of ketones is 1. The lowest BCUT2D eigenvalue weighted by atomic mass is 10.3. The van der Waals surface area contributed by atoms with Gasteiger partial charge in [0.05, 0.1) is 10.8 Å². The van der Waals surface area contributed by atoms with Crippen LogP contribution < -0.4 is 11.1 Å². The van der Waals surface area contributed by atoms with Crippen molar-refractivity contribution in [2.45, 2.75) is 20.8 Å². The molecule has 0 saturated carbocycles. The Balaban J connectivity index is 0.000000204. The van der Waals surface area contributed by atoms with Crippen LogP contribution >= 0.6 is 11.8 Å². The molecule has 0 radical (unpaired) electrons. The fourth-order valence-electron chi connectivity index (χ4n) is 1.82. The lowest BCUT2D eigenvalue weighted by Crippen LogP contribution is -2.16. The highest BCUT2D eigenvalue weighted by Crippen LogP contribution is 2.31. The Morgan fingerprint density at radius 2 is 2.00 bits per heavy atom. The number of allylic oxidation sites excluding steroid dienone is 2. The molecule has 0 bridgehead atoms. The summed E-state index contributed by atoms with van der Waals surface area (Å²) in [5, 5.41) is 3.00. The number of hydrogen-bond donors (Lipinski definition) is 2. The van der Waals surface area contributed by atoms with Crippen LogP contribution in [0, 0.1) is 0 Å². The van der Waals surface area contributed by atoms with Gasteiger partial charge in [0, 0.05) is 30.7 Å². The summed E-state index contributed by atoms with van der Waals surface area (Å²) >= 11 is 1.65. The number of anilines is 2. The van der Waals surface area contributed by atoms with E-state index in [1.54, 1.807) is 18.7 Å². The summed E-state index contributed by atoms with van der Waals surface area (Å²) in [7, 11) is 1.88. The molecule has 1 aromatic carbocycles. The molecular weight excluding hydrogens is 270 g/mol. The van der Waals surface area contributed by atoms with E-state index in [9.17, 15) is 4.79 Å². The van der Waals surface area contributed by atoms with Crippen molar-refractivity contribution in [1.82, 2.24) is 4.90 Å². The molecule has 110 valence electrons. The van der Waals surface area contributed by atoms with Crippen LogP contribution in [-0.2, 0) is 4.79 Å². The molecule has 1 aromatic rings. The first kappa shape index (κ1) is 16.4. The van der Waals surface area contributed by atoms with Crippen molar-refractivity contribution in [2.24, 2.45) is 0 Å². The van der Waals surface area contributed by atoms with Crippen LogP contribution in [0.1, 0.15) is 20.8 Å². The molecule has 0 fully saturated rings. The third kappa shape index (κ3) is 4.49. The van der Waals surface area contributed by atoms with Gasteiger partial charge in [0.25, 0.3) is 0 Å². The van der Waals surface area contributed by atoms with E-state index >= 15 is 0 Å². The zero-order valence-electron chi connectivity index (χ0n) is 12.6. The van der Waals surface area contributed by atoms with E-state index in [-0.39, 0.29) is 5.78 Å². The van der Waals surface area contributed by atoms with E-state index in [1.807, 2.05) is 38.2 Å². The molecule has 4 nitrogen and oxygen atoms in total. The predicted octanol–water partition coefficient (Wildman–Crippen LogP) is 3.14. The number of carbonyl (C=O) groups excluding carboxylic acids is 1. The second-order valence-corrected chi connectivity index (χ2v) is 5.43. The van der Waals surface area contributed by atoms with Crippen molar-refractivity contribution in [2.75, 3.05) is 30.5 Å². The highest BCUT2D eigenvalue weighted by molar-refractivity contribution is 8.04. The van der Waals surface area contributed by atoms with Crippen molar-refractivity contribution in [3.05, 3.63) is 34.9 Å². The first-order valence-corrected chi connectivity index (χ1v) is 7.61. The highest BCUT2D eigenvalue weighted by atomic mass is 32.2. The van der Waals surface area contributed by atoms with Crippen LogP contribution in [-0.4, -0.2) is 30.2 Å². The Morgan fingerprint density at radius 3 is 2.35 bits per heavy atom. The molecular formula is C15H23N3OS. The molecule has 20 heavy (non-hydrogen) atoms. The minimum Gasteiger partial charge on any atom is -0.399 e. The van der Waals surface area contributed by atoms with Crippen LogP contribution in [0.25, 0.3) is 0 Å². The van der Waals surface area contributed by atoms with Gasteiger partial charge in [0.1, 0.15) is 0 Å². The first-order valence-electron chi connectivity index (χ1n) is 6.62. The molecule has 0 spiro atoms. The molecule has 0 amide bonds. The zero-order valence-corrected chi connectivity index (χ0v) is 13.4. The summed E-state index contributed by atoms with van der Waals surface area (Å²) in [4.78, 5) is 14.2. The molecule has 0 aromatic heterocycles. The van der Waals surface area contributed by atoms with Crippen molar-refractivity contribution in [3.8, 4) is 0 Å². The van der Waals surface area contributed by atoms with Crippen LogP contribution in [0.2, 0.25) is 0 Å². The van der Waals surface area contributed by atoms with Crippen molar-refractivity contribution < 1.29 is 4.79 Å². The van der Waals surface area contributed by atoms with Gasteiger partial charge in [0.15, 0.2) is 5.78 Å².